The second-order valence-electron chi connectivity index (χ2n) is 2.70. The number of ether oxygens (including phenoxy) is 1. The number of amides is 1. The van der Waals surface area contributed by atoms with Gasteiger partial charge < -0.3 is 4.74 Å². The van der Waals surface area contributed by atoms with Crippen LogP contribution < -0.4 is 5.43 Å². The van der Waals surface area contributed by atoms with Gasteiger partial charge in [0.2, 0.25) is 0 Å². The van der Waals surface area contributed by atoms with Crippen LogP contribution in [-0.4, -0.2) is 24.2 Å². The van der Waals surface area contributed by atoms with Crippen LogP contribution >= 0.6 is 0 Å². The first-order valence-electron chi connectivity index (χ1n) is 4.44. The Balaban J connectivity index is 3.94. The molecule has 0 heterocycles. The van der Waals surface area contributed by atoms with E-state index in [-0.39, 0.29) is 12.8 Å². The summed E-state index contributed by atoms with van der Waals surface area (Å²) in [5, 5.41) is 11.8. The summed E-state index contributed by atoms with van der Waals surface area (Å²) < 4.78 is 4.68. The van der Waals surface area contributed by atoms with Gasteiger partial charge in [0.25, 0.3) is 5.91 Å². The number of nitriles is 1. The molecule has 0 saturated carbocycles. The molecule has 0 atom stereocenters. The van der Waals surface area contributed by atoms with Gasteiger partial charge in [-0.1, -0.05) is 0 Å². The number of hydrogen-bond acceptors (Lipinski definition) is 5. The van der Waals surface area contributed by atoms with Crippen LogP contribution in [0.4, 0.5) is 0 Å². The molecule has 0 saturated heterocycles. The zero-order valence-electron chi connectivity index (χ0n) is 8.74. The summed E-state index contributed by atoms with van der Waals surface area (Å²) in [4.78, 5) is 21.8. The van der Waals surface area contributed by atoms with Crippen molar-refractivity contribution < 1.29 is 14.3 Å². The molecule has 0 bridgehead atoms. The lowest BCUT2D eigenvalue weighted by molar-refractivity contribution is -0.141. The molecule has 0 aromatic carbocycles. The average Bonchev–Trinajstić information content (AvgIpc) is 2.15. The van der Waals surface area contributed by atoms with Crippen molar-refractivity contribution in [3.8, 4) is 6.07 Å². The highest BCUT2D eigenvalue weighted by Crippen LogP contribution is 1.90. The molecule has 1 N–H and O–H groups in total. The van der Waals surface area contributed by atoms with Gasteiger partial charge in [-0.2, -0.15) is 10.4 Å². The number of carbonyl (C=O) groups excluding carboxylic acids is 2. The summed E-state index contributed by atoms with van der Waals surface area (Å²) in [6.45, 7) is 3.61. The topological polar surface area (TPSA) is 91.5 Å². The molecule has 82 valence electrons. The first-order chi connectivity index (χ1) is 7.10. The second-order valence-corrected chi connectivity index (χ2v) is 2.70. The van der Waals surface area contributed by atoms with Gasteiger partial charge in [-0.3, -0.25) is 9.59 Å². The molecule has 15 heavy (non-hydrogen) atoms. The van der Waals surface area contributed by atoms with Crippen molar-refractivity contribution in [3.05, 3.63) is 0 Å². The summed E-state index contributed by atoms with van der Waals surface area (Å²) in [6.07, 6.45) is -0.225. The van der Waals surface area contributed by atoms with Crippen LogP contribution in [0.1, 0.15) is 26.7 Å². The van der Waals surface area contributed by atoms with Crippen molar-refractivity contribution in [2.45, 2.75) is 26.7 Å². The molecule has 0 rings (SSSR count). The van der Waals surface area contributed by atoms with Gasteiger partial charge in [-0.15, -0.1) is 0 Å². The third kappa shape index (κ3) is 7.19. The Morgan fingerprint density at radius 3 is 2.73 bits per heavy atom. The number of hydrogen-bond donors (Lipinski definition) is 1. The van der Waals surface area contributed by atoms with Crippen molar-refractivity contribution in [3.63, 3.8) is 0 Å². The fraction of sp³-hybridized carbons (Fsp3) is 0.556. The van der Waals surface area contributed by atoms with E-state index >= 15 is 0 Å². The Bertz CT molecular complexity index is 304. The Morgan fingerprint density at radius 1 is 1.53 bits per heavy atom. The van der Waals surface area contributed by atoms with Crippen LogP contribution in [0.2, 0.25) is 0 Å². The number of nitrogens with zero attached hydrogens (tertiary/aromatic N) is 2. The predicted octanol–water partition coefficient (Wildman–Crippen LogP) is 0.345. The molecule has 0 aliphatic heterocycles. The molecule has 1 amide bonds. The lowest BCUT2D eigenvalue weighted by Crippen LogP contribution is -2.19. The van der Waals surface area contributed by atoms with E-state index in [1.54, 1.807) is 19.9 Å². The van der Waals surface area contributed by atoms with Gasteiger partial charge in [0.15, 0.2) is 0 Å². The van der Waals surface area contributed by atoms with E-state index in [0.717, 1.165) is 0 Å². The zero-order valence-corrected chi connectivity index (χ0v) is 8.74. The van der Waals surface area contributed by atoms with Crippen molar-refractivity contribution in [2.24, 2.45) is 5.10 Å². The van der Waals surface area contributed by atoms with Crippen LogP contribution in [-0.2, 0) is 14.3 Å². The molecular formula is C9H13N3O3. The average molecular weight is 211 g/mol. The molecule has 0 radical (unpaired) electrons. The van der Waals surface area contributed by atoms with Crippen LogP contribution in [0, 0.1) is 11.3 Å². The number of nitrogens with one attached hydrogen (secondary N) is 1. The largest absolute Gasteiger partial charge is 0.466 e. The fourth-order valence-electron chi connectivity index (χ4n) is 0.730. The van der Waals surface area contributed by atoms with Crippen LogP contribution in [0.25, 0.3) is 0 Å². The van der Waals surface area contributed by atoms with E-state index in [2.05, 4.69) is 15.3 Å². The molecule has 6 heteroatoms. The monoisotopic (exact) mass is 211 g/mol. The van der Waals surface area contributed by atoms with Gasteiger partial charge in [-0.25, -0.2) is 5.43 Å². The lowest BCUT2D eigenvalue weighted by Gasteiger charge is -2.01. The lowest BCUT2D eigenvalue weighted by atomic mass is 10.3. The van der Waals surface area contributed by atoms with Crippen LogP contribution in [0.5, 0.6) is 0 Å². The third-order valence-electron chi connectivity index (χ3n) is 1.32. The number of hydrazone groups is 1. The maximum atomic E-state index is 11.0. The van der Waals surface area contributed by atoms with E-state index in [1.807, 2.05) is 0 Å². The maximum Gasteiger partial charge on any atom is 0.311 e. The minimum Gasteiger partial charge on any atom is -0.466 e. The zero-order chi connectivity index (χ0) is 11.7. The molecule has 0 aliphatic rings. The molecule has 0 unspecified atom stereocenters. The fourth-order valence-corrected chi connectivity index (χ4v) is 0.730. The molecule has 0 fully saturated rings. The van der Waals surface area contributed by atoms with Gasteiger partial charge >= 0.3 is 5.97 Å². The van der Waals surface area contributed by atoms with Gasteiger partial charge in [0.1, 0.15) is 6.42 Å². The minimum absolute atomic E-state index is 0.0284. The Morgan fingerprint density at radius 2 is 2.20 bits per heavy atom. The summed E-state index contributed by atoms with van der Waals surface area (Å²) in [5.74, 6) is -0.894. The summed E-state index contributed by atoms with van der Waals surface area (Å²) in [7, 11) is 0. The summed E-state index contributed by atoms with van der Waals surface area (Å²) in [5.41, 5.74) is 2.58. The number of rotatable bonds is 5. The summed E-state index contributed by atoms with van der Waals surface area (Å²) >= 11 is 0. The molecule has 6 nitrogen and oxygen atoms in total. The third-order valence-corrected chi connectivity index (χ3v) is 1.32. The summed E-state index contributed by atoms with van der Waals surface area (Å²) in [6, 6.07) is 1.68. The van der Waals surface area contributed by atoms with Crippen molar-refractivity contribution in [2.75, 3.05) is 6.61 Å². The molecule has 0 aliphatic carbocycles. The quantitative estimate of drug-likeness (QED) is 0.403. The minimum atomic E-state index is -0.499. The van der Waals surface area contributed by atoms with Crippen LogP contribution in [0.15, 0.2) is 5.10 Å². The van der Waals surface area contributed by atoms with Crippen molar-refractivity contribution >= 4 is 17.6 Å². The van der Waals surface area contributed by atoms with E-state index in [4.69, 9.17) is 5.26 Å². The Hall–Kier alpha value is -1.90. The predicted molar refractivity (Wildman–Crippen MR) is 52.7 cm³/mol. The van der Waals surface area contributed by atoms with E-state index in [9.17, 15) is 9.59 Å². The molecule has 0 spiro atoms. The van der Waals surface area contributed by atoms with E-state index in [0.29, 0.717) is 12.3 Å². The molecule has 0 aromatic heterocycles. The molecular weight excluding hydrogens is 198 g/mol. The Kier molecular flexibility index (Phi) is 6.55. The molecule has 0 aromatic rings. The highest BCUT2D eigenvalue weighted by molar-refractivity contribution is 5.98. The van der Waals surface area contributed by atoms with Gasteiger partial charge in [0, 0.05) is 5.71 Å². The van der Waals surface area contributed by atoms with E-state index < -0.39 is 11.9 Å². The maximum absolute atomic E-state index is 11.0. The van der Waals surface area contributed by atoms with Crippen molar-refractivity contribution in [1.29, 1.82) is 5.26 Å². The first kappa shape index (κ1) is 13.1. The first-order valence-corrected chi connectivity index (χ1v) is 4.44. The van der Waals surface area contributed by atoms with E-state index in [1.165, 1.54) is 0 Å². The van der Waals surface area contributed by atoms with Gasteiger partial charge in [-0.05, 0) is 13.8 Å². The normalized spacial score (nSPS) is 10.3. The highest BCUT2D eigenvalue weighted by Gasteiger charge is 2.04. The smallest absolute Gasteiger partial charge is 0.311 e. The standard InChI is InChI=1S/C9H13N3O3/c1-3-15-9(14)6-7(2)11-12-8(13)4-5-10/h3-4,6H2,1-2H3,(H,12,13). The second kappa shape index (κ2) is 7.50. The SMILES string of the molecule is CCOC(=O)CC(C)=NNC(=O)CC#N. The number of carbonyl (C=O) groups is 2. The van der Waals surface area contributed by atoms with Crippen molar-refractivity contribution in [1.82, 2.24) is 5.43 Å². The van der Waals surface area contributed by atoms with Gasteiger partial charge in [0.05, 0.1) is 19.1 Å². The highest BCUT2D eigenvalue weighted by atomic mass is 16.5. The number of esters is 1. The Labute approximate surface area is 87.9 Å². The van der Waals surface area contributed by atoms with Crippen LogP contribution in [0.3, 0.4) is 0 Å².